The zero-order valence-electron chi connectivity index (χ0n) is 18.0. The van der Waals surface area contributed by atoms with E-state index in [1.807, 2.05) is 4.68 Å². The molecule has 0 saturated carbocycles. The Morgan fingerprint density at radius 3 is 2.79 bits per heavy atom. The molecule has 1 aromatic rings. The van der Waals surface area contributed by atoms with Gasteiger partial charge in [0, 0.05) is 31.7 Å². The Morgan fingerprint density at radius 1 is 1.29 bits per heavy atom. The van der Waals surface area contributed by atoms with Crippen molar-refractivity contribution in [3.05, 3.63) is 11.6 Å². The summed E-state index contributed by atoms with van der Waals surface area (Å²) < 4.78 is 7.17. The summed E-state index contributed by atoms with van der Waals surface area (Å²) in [5.41, 5.74) is 0.0868. The number of aromatic nitrogens is 3. The third-order valence-electron chi connectivity index (χ3n) is 5.70. The van der Waals surface area contributed by atoms with Crippen LogP contribution in [0.4, 0.5) is 0 Å². The summed E-state index contributed by atoms with van der Waals surface area (Å²) in [5.74, 6) is 2.72. The molecule has 0 aromatic carbocycles. The van der Waals surface area contributed by atoms with Gasteiger partial charge >= 0.3 is 0 Å². The number of guanidine groups is 1. The number of ether oxygens (including phenoxy) is 1. The van der Waals surface area contributed by atoms with Crippen molar-refractivity contribution in [2.45, 2.75) is 77.6 Å². The second kappa shape index (κ2) is 9.69. The summed E-state index contributed by atoms with van der Waals surface area (Å²) in [7, 11) is 1.68. The van der Waals surface area contributed by atoms with Crippen LogP contribution in [0.1, 0.15) is 58.1 Å². The molecule has 1 fully saturated rings. The molecule has 0 aliphatic carbocycles. The number of likely N-dealkylation sites (tertiary alicyclic amines) is 1. The normalized spacial score (nSPS) is 21.4. The lowest BCUT2D eigenvalue weighted by molar-refractivity contribution is 0.102. The van der Waals surface area contributed by atoms with E-state index in [-0.39, 0.29) is 5.54 Å². The van der Waals surface area contributed by atoms with E-state index in [1.54, 1.807) is 7.11 Å². The number of aryl methyl sites for hydroxylation is 1. The molecule has 3 rings (SSSR count). The predicted octanol–water partition coefficient (Wildman–Crippen LogP) is 1.56. The number of aliphatic imine (C=N–C) groups is 1. The highest BCUT2D eigenvalue weighted by atomic mass is 16.5. The molecular weight excluding hydrogens is 354 g/mol. The Kier molecular flexibility index (Phi) is 7.29. The lowest BCUT2D eigenvalue weighted by Crippen LogP contribution is -2.51. The van der Waals surface area contributed by atoms with Gasteiger partial charge in [0.05, 0.1) is 13.1 Å². The summed E-state index contributed by atoms with van der Waals surface area (Å²) in [6.45, 7) is 12.0. The molecule has 2 N–H and O–H groups in total. The summed E-state index contributed by atoms with van der Waals surface area (Å²) >= 11 is 0. The zero-order valence-corrected chi connectivity index (χ0v) is 18.0. The minimum Gasteiger partial charge on any atom is -0.377 e. The molecule has 1 unspecified atom stereocenters. The second-order valence-electron chi connectivity index (χ2n) is 8.49. The fraction of sp³-hybridized carbons (Fsp3) is 0.850. The van der Waals surface area contributed by atoms with Crippen LogP contribution >= 0.6 is 0 Å². The predicted molar refractivity (Wildman–Crippen MR) is 111 cm³/mol. The molecule has 0 spiro atoms. The summed E-state index contributed by atoms with van der Waals surface area (Å²) in [4.78, 5) is 12.1. The van der Waals surface area contributed by atoms with E-state index < -0.39 is 0 Å². The smallest absolute Gasteiger partial charge is 0.191 e. The molecule has 3 heterocycles. The third-order valence-corrected chi connectivity index (χ3v) is 5.70. The van der Waals surface area contributed by atoms with Crippen LogP contribution in [-0.2, 0) is 24.3 Å². The number of hydrogen-bond donors (Lipinski definition) is 2. The molecule has 2 aliphatic heterocycles. The summed E-state index contributed by atoms with van der Waals surface area (Å²) in [6.07, 6.45) is 5.92. The first-order valence-corrected chi connectivity index (χ1v) is 10.7. The van der Waals surface area contributed by atoms with Gasteiger partial charge in [-0.15, -0.1) is 0 Å². The fourth-order valence-corrected chi connectivity index (χ4v) is 4.05. The second-order valence-corrected chi connectivity index (χ2v) is 8.49. The number of piperidine rings is 1. The number of methoxy groups -OCH3 is 1. The Balaban J connectivity index is 1.59. The highest BCUT2D eigenvalue weighted by molar-refractivity contribution is 5.80. The first-order chi connectivity index (χ1) is 13.5. The first-order valence-electron chi connectivity index (χ1n) is 10.7. The summed E-state index contributed by atoms with van der Waals surface area (Å²) in [6, 6.07) is 0.306. The topological polar surface area (TPSA) is 79.6 Å². The van der Waals surface area contributed by atoms with Gasteiger partial charge in [-0.1, -0.05) is 6.42 Å². The Labute approximate surface area is 169 Å². The SMILES string of the molecule is CCNC(=NCC(C)(C)N1CCCCC1)NC1CCc2nc(COC)nn2C1. The molecule has 1 atom stereocenters. The van der Waals surface area contributed by atoms with Gasteiger partial charge in [0.1, 0.15) is 12.4 Å². The molecule has 8 nitrogen and oxygen atoms in total. The van der Waals surface area contributed by atoms with Crippen LogP contribution < -0.4 is 10.6 Å². The molecule has 0 amide bonds. The van der Waals surface area contributed by atoms with Gasteiger partial charge in [0.25, 0.3) is 0 Å². The standard InChI is InChI=1S/C20H37N7O/c1-5-21-19(22-15-20(2,3)26-11-7-6-8-12-26)23-16-9-10-18-24-17(14-28-4)25-27(18)13-16/h16H,5-15H2,1-4H3,(H2,21,22,23). The van der Waals surface area contributed by atoms with Gasteiger partial charge < -0.3 is 15.4 Å². The molecule has 2 aliphatic rings. The van der Waals surface area contributed by atoms with Crippen molar-refractivity contribution in [1.82, 2.24) is 30.3 Å². The van der Waals surface area contributed by atoms with Crippen molar-refractivity contribution in [2.24, 2.45) is 4.99 Å². The van der Waals surface area contributed by atoms with Crippen molar-refractivity contribution in [2.75, 3.05) is 33.3 Å². The molecule has 0 radical (unpaired) electrons. The Hall–Kier alpha value is -1.67. The molecule has 0 bridgehead atoms. The lowest BCUT2D eigenvalue weighted by Gasteiger charge is -2.40. The maximum atomic E-state index is 5.16. The zero-order chi connectivity index (χ0) is 20.0. The van der Waals surface area contributed by atoms with E-state index in [4.69, 9.17) is 9.73 Å². The van der Waals surface area contributed by atoms with Crippen LogP contribution in [0.25, 0.3) is 0 Å². The molecular formula is C20H37N7O. The Bertz CT molecular complexity index is 649. The van der Waals surface area contributed by atoms with E-state index in [9.17, 15) is 0 Å². The number of nitrogens with zero attached hydrogens (tertiary/aromatic N) is 5. The van der Waals surface area contributed by atoms with Crippen LogP contribution in [-0.4, -0.2) is 70.5 Å². The average Bonchev–Trinajstić information content (AvgIpc) is 3.09. The van der Waals surface area contributed by atoms with Crippen molar-refractivity contribution in [3.8, 4) is 0 Å². The van der Waals surface area contributed by atoms with Crippen LogP contribution in [0.2, 0.25) is 0 Å². The minimum absolute atomic E-state index is 0.0868. The van der Waals surface area contributed by atoms with Gasteiger partial charge in [-0.05, 0) is 53.1 Å². The maximum Gasteiger partial charge on any atom is 0.191 e. The van der Waals surface area contributed by atoms with Crippen LogP contribution in [0.3, 0.4) is 0 Å². The molecule has 8 heteroatoms. The van der Waals surface area contributed by atoms with Crippen molar-refractivity contribution >= 4 is 5.96 Å². The van der Waals surface area contributed by atoms with E-state index in [2.05, 4.69) is 46.4 Å². The van der Waals surface area contributed by atoms with Gasteiger partial charge in [0.15, 0.2) is 11.8 Å². The highest BCUT2D eigenvalue weighted by Crippen LogP contribution is 2.21. The first kappa shape index (κ1) is 21.0. The summed E-state index contributed by atoms with van der Waals surface area (Å²) in [5, 5.41) is 11.6. The number of fused-ring (bicyclic) bond motifs is 1. The molecule has 1 aromatic heterocycles. The molecule has 1 saturated heterocycles. The third kappa shape index (κ3) is 5.44. The van der Waals surface area contributed by atoms with E-state index >= 15 is 0 Å². The Morgan fingerprint density at radius 2 is 2.07 bits per heavy atom. The van der Waals surface area contributed by atoms with Crippen LogP contribution in [0.15, 0.2) is 4.99 Å². The number of hydrogen-bond acceptors (Lipinski definition) is 5. The monoisotopic (exact) mass is 391 g/mol. The van der Waals surface area contributed by atoms with E-state index in [0.29, 0.717) is 12.6 Å². The molecule has 28 heavy (non-hydrogen) atoms. The highest BCUT2D eigenvalue weighted by Gasteiger charge is 2.28. The van der Waals surface area contributed by atoms with Crippen molar-refractivity contribution < 1.29 is 4.74 Å². The van der Waals surface area contributed by atoms with E-state index in [1.165, 1.54) is 32.4 Å². The van der Waals surface area contributed by atoms with Crippen molar-refractivity contribution in [3.63, 3.8) is 0 Å². The minimum atomic E-state index is 0.0868. The fourth-order valence-electron chi connectivity index (χ4n) is 4.05. The maximum absolute atomic E-state index is 5.16. The van der Waals surface area contributed by atoms with Gasteiger partial charge in [-0.3, -0.25) is 9.89 Å². The quantitative estimate of drug-likeness (QED) is 0.542. The van der Waals surface area contributed by atoms with Gasteiger partial charge in [-0.2, -0.15) is 5.10 Å². The van der Waals surface area contributed by atoms with Crippen LogP contribution in [0.5, 0.6) is 0 Å². The van der Waals surface area contributed by atoms with Crippen LogP contribution in [0, 0.1) is 0 Å². The largest absolute Gasteiger partial charge is 0.377 e. The average molecular weight is 392 g/mol. The molecule has 158 valence electrons. The number of rotatable bonds is 7. The lowest BCUT2D eigenvalue weighted by atomic mass is 9.99. The number of nitrogens with one attached hydrogen (secondary N) is 2. The van der Waals surface area contributed by atoms with E-state index in [0.717, 1.165) is 50.1 Å². The van der Waals surface area contributed by atoms with Gasteiger partial charge in [-0.25, -0.2) is 9.67 Å². The van der Waals surface area contributed by atoms with Gasteiger partial charge in [0.2, 0.25) is 0 Å². The van der Waals surface area contributed by atoms with Crippen molar-refractivity contribution in [1.29, 1.82) is 0 Å².